The average Bonchev–Trinajstić information content (AvgIpc) is 3.96. The monoisotopic (exact) mass is 871 g/mol. The molecule has 0 aliphatic rings. The molecule has 0 unspecified atom stereocenters. The maximum atomic E-state index is 5.12. The van der Waals surface area contributed by atoms with Gasteiger partial charge < -0.3 is 4.57 Å². The Kier molecular flexibility index (Phi) is 9.35. The summed E-state index contributed by atoms with van der Waals surface area (Å²) in [5.41, 5.74) is 11.7. The summed E-state index contributed by atoms with van der Waals surface area (Å²) < 4.78 is 4.59. The van der Waals surface area contributed by atoms with Crippen LogP contribution in [0.5, 0.6) is 0 Å². The van der Waals surface area contributed by atoms with E-state index >= 15 is 0 Å². The highest BCUT2D eigenvalue weighted by atomic mass is 15.2. The number of fused-ring (bicyclic) bond motifs is 7. The lowest BCUT2D eigenvalue weighted by atomic mass is 10.00. The summed E-state index contributed by atoms with van der Waals surface area (Å²) in [6, 6.07) is 83.4. The van der Waals surface area contributed by atoms with Gasteiger partial charge in [-0.25, -0.2) is 15.0 Å². The Balaban J connectivity index is 0.882. The van der Waals surface area contributed by atoms with Gasteiger partial charge in [-0.1, -0.05) is 103 Å². The van der Waals surface area contributed by atoms with Crippen LogP contribution in [-0.2, 0) is 0 Å². The van der Waals surface area contributed by atoms with Crippen molar-refractivity contribution in [2.75, 3.05) is 9.80 Å². The SMILES string of the molecule is c1ccc(-n2c(-c3ccc(N(c4ccc5c(ccc6cc(N(c7ccc8c(c7)c7ccccc7n8-c7ccccc7)c7ccccn7)ccc65)c4)c4ccccn4)cc3)nc3ccccc32)cc1. The van der Waals surface area contributed by atoms with E-state index in [9.17, 15) is 0 Å². The van der Waals surface area contributed by atoms with Crippen LogP contribution in [0, 0.1) is 0 Å². The molecule has 7 heteroatoms. The van der Waals surface area contributed by atoms with Gasteiger partial charge in [0.25, 0.3) is 0 Å². The van der Waals surface area contributed by atoms with Crippen molar-refractivity contribution in [3.05, 3.63) is 249 Å². The summed E-state index contributed by atoms with van der Waals surface area (Å²) >= 11 is 0. The molecule has 7 nitrogen and oxygen atoms in total. The van der Waals surface area contributed by atoms with Crippen LogP contribution < -0.4 is 9.80 Å². The molecule has 0 saturated heterocycles. The third-order valence-corrected chi connectivity index (χ3v) is 13.0. The van der Waals surface area contributed by atoms with Gasteiger partial charge in [0.15, 0.2) is 0 Å². The lowest BCUT2D eigenvalue weighted by molar-refractivity contribution is 1.10. The van der Waals surface area contributed by atoms with E-state index in [2.05, 4.69) is 219 Å². The average molecular weight is 872 g/mol. The number of pyridine rings is 2. The Labute approximate surface area is 392 Å². The van der Waals surface area contributed by atoms with Gasteiger partial charge >= 0.3 is 0 Å². The van der Waals surface area contributed by atoms with Gasteiger partial charge in [0.1, 0.15) is 17.5 Å². The summed E-state index contributed by atoms with van der Waals surface area (Å²) in [6.07, 6.45) is 3.71. The van der Waals surface area contributed by atoms with Crippen LogP contribution >= 0.6 is 0 Å². The molecule has 0 aliphatic heterocycles. The van der Waals surface area contributed by atoms with Crippen LogP contribution in [0.3, 0.4) is 0 Å². The first-order valence-electron chi connectivity index (χ1n) is 22.8. The van der Waals surface area contributed by atoms with E-state index in [0.717, 1.165) is 84.5 Å². The standard InChI is InChI=1S/C61H41N7/c1-3-15-45(16-4-1)67-56-21-9-7-19-53(56)54-41-50(33-36-57(54)67)66(60-24-12-14-38-63-60)49-32-35-52-44(40-49)26-25-43-39-48(31-34-51(43)52)65(59-23-11-13-37-62-59)47-29-27-42(28-30-47)61-64-55-20-8-10-22-58(55)68(61)46-17-5-2-6-18-46/h1-41H. The predicted molar refractivity (Wildman–Crippen MR) is 281 cm³/mol. The molecule has 9 aromatic carbocycles. The van der Waals surface area contributed by atoms with Gasteiger partial charge in [-0.2, -0.15) is 0 Å². The number of hydrogen-bond acceptors (Lipinski definition) is 5. The van der Waals surface area contributed by atoms with Crippen LogP contribution in [0.15, 0.2) is 249 Å². The molecular formula is C61H41N7. The smallest absolute Gasteiger partial charge is 0.145 e. The number of aromatic nitrogens is 5. The summed E-state index contributed by atoms with van der Waals surface area (Å²) in [5.74, 6) is 2.57. The zero-order valence-electron chi connectivity index (χ0n) is 36.8. The highest BCUT2D eigenvalue weighted by Gasteiger charge is 2.21. The van der Waals surface area contributed by atoms with E-state index in [-0.39, 0.29) is 0 Å². The number of nitrogens with zero attached hydrogens (tertiary/aromatic N) is 7. The molecule has 0 N–H and O–H groups in total. The lowest BCUT2D eigenvalue weighted by Gasteiger charge is -2.25. The molecule has 0 amide bonds. The fraction of sp³-hybridized carbons (Fsp3) is 0. The second kappa shape index (κ2) is 16.3. The van der Waals surface area contributed by atoms with E-state index < -0.39 is 0 Å². The van der Waals surface area contributed by atoms with Gasteiger partial charge in [0, 0.05) is 62.9 Å². The molecule has 68 heavy (non-hydrogen) atoms. The predicted octanol–water partition coefficient (Wildman–Crippen LogP) is 15.8. The van der Waals surface area contributed by atoms with Crippen molar-refractivity contribution in [2.24, 2.45) is 0 Å². The Morgan fingerprint density at radius 3 is 1.46 bits per heavy atom. The van der Waals surface area contributed by atoms with Crippen LogP contribution in [0.25, 0.3) is 77.1 Å². The van der Waals surface area contributed by atoms with Crippen molar-refractivity contribution in [1.82, 2.24) is 24.1 Å². The molecule has 13 aromatic rings. The minimum absolute atomic E-state index is 0.832. The third-order valence-electron chi connectivity index (χ3n) is 13.0. The van der Waals surface area contributed by atoms with Crippen LogP contribution in [0.4, 0.5) is 34.4 Å². The number of imidazole rings is 1. The van der Waals surface area contributed by atoms with Crippen molar-refractivity contribution in [2.45, 2.75) is 0 Å². The summed E-state index contributed by atoms with van der Waals surface area (Å²) in [4.78, 5) is 19.3. The molecule has 320 valence electrons. The Bertz CT molecular complexity index is 3960. The summed E-state index contributed by atoms with van der Waals surface area (Å²) in [6.45, 7) is 0. The number of para-hydroxylation sites is 5. The number of rotatable bonds is 9. The van der Waals surface area contributed by atoms with E-state index in [1.54, 1.807) is 0 Å². The van der Waals surface area contributed by atoms with Crippen LogP contribution in [0.1, 0.15) is 0 Å². The molecule has 0 spiro atoms. The minimum Gasteiger partial charge on any atom is -0.309 e. The molecule has 0 fully saturated rings. The number of anilines is 6. The van der Waals surface area contributed by atoms with Crippen LogP contribution in [-0.4, -0.2) is 24.1 Å². The Morgan fingerprint density at radius 1 is 0.324 bits per heavy atom. The van der Waals surface area contributed by atoms with Crippen molar-refractivity contribution < 1.29 is 0 Å². The van der Waals surface area contributed by atoms with Crippen molar-refractivity contribution in [1.29, 1.82) is 0 Å². The van der Waals surface area contributed by atoms with Crippen molar-refractivity contribution >= 4 is 88.8 Å². The minimum atomic E-state index is 0.832. The molecule has 13 rings (SSSR count). The first-order valence-corrected chi connectivity index (χ1v) is 22.8. The maximum Gasteiger partial charge on any atom is 0.145 e. The molecule has 4 heterocycles. The van der Waals surface area contributed by atoms with Gasteiger partial charge in [-0.15, -0.1) is 0 Å². The topological polar surface area (TPSA) is 55.0 Å². The highest BCUT2D eigenvalue weighted by molar-refractivity contribution is 6.12. The van der Waals surface area contributed by atoms with Crippen molar-refractivity contribution in [3.8, 4) is 22.8 Å². The first kappa shape index (κ1) is 39.1. The second-order valence-corrected chi connectivity index (χ2v) is 17.0. The number of hydrogen-bond donors (Lipinski definition) is 0. The molecule has 0 atom stereocenters. The molecule has 0 aliphatic carbocycles. The Hall–Kier alpha value is -9.33. The molecule has 0 radical (unpaired) electrons. The molecule has 0 bridgehead atoms. The lowest BCUT2D eigenvalue weighted by Crippen LogP contribution is -2.11. The fourth-order valence-electron chi connectivity index (χ4n) is 9.90. The molecule has 0 saturated carbocycles. The maximum absolute atomic E-state index is 5.12. The van der Waals surface area contributed by atoms with E-state index in [0.29, 0.717) is 0 Å². The van der Waals surface area contributed by atoms with E-state index in [4.69, 9.17) is 15.0 Å². The van der Waals surface area contributed by atoms with Crippen molar-refractivity contribution in [3.63, 3.8) is 0 Å². The fourth-order valence-corrected chi connectivity index (χ4v) is 9.90. The highest BCUT2D eigenvalue weighted by Crippen LogP contribution is 2.42. The van der Waals surface area contributed by atoms with Gasteiger partial charge in [-0.3, -0.25) is 14.4 Å². The van der Waals surface area contributed by atoms with E-state index in [1.807, 2.05) is 48.8 Å². The Morgan fingerprint density at radius 2 is 0.824 bits per heavy atom. The largest absolute Gasteiger partial charge is 0.309 e. The summed E-state index contributed by atoms with van der Waals surface area (Å²) in [7, 11) is 0. The normalized spacial score (nSPS) is 11.5. The third kappa shape index (κ3) is 6.64. The van der Waals surface area contributed by atoms with Gasteiger partial charge in [0.05, 0.1) is 22.1 Å². The van der Waals surface area contributed by atoms with Crippen LogP contribution in [0.2, 0.25) is 0 Å². The molecular weight excluding hydrogens is 831 g/mol. The molecule has 4 aromatic heterocycles. The second-order valence-electron chi connectivity index (χ2n) is 17.0. The van der Waals surface area contributed by atoms with E-state index in [1.165, 1.54) is 27.1 Å². The quantitative estimate of drug-likeness (QED) is 0.135. The van der Waals surface area contributed by atoms with Gasteiger partial charge in [-0.05, 0) is 155 Å². The summed E-state index contributed by atoms with van der Waals surface area (Å²) in [5, 5.41) is 7.02. The number of benzene rings is 9. The van der Waals surface area contributed by atoms with Gasteiger partial charge in [0.2, 0.25) is 0 Å². The zero-order chi connectivity index (χ0) is 45.0. The first-order chi connectivity index (χ1) is 33.7. The zero-order valence-corrected chi connectivity index (χ0v) is 36.8.